The Labute approximate surface area is 159 Å². The molecule has 3 aromatic rings. The molecule has 1 unspecified atom stereocenters. The first kappa shape index (κ1) is 19.8. The van der Waals surface area contributed by atoms with Gasteiger partial charge in [-0.3, -0.25) is 0 Å². The lowest BCUT2D eigenvalue weighted by Gasteiger charge is -2.07. The summed E-state index contributed by atoms with van der Waals surface area (Å²) in [6, 6.07) is 12.0. The van der Waals surface area contributed by atoms with Crippen molar-refractivity contribution in [3.63, 3.8) is 0 Å². The number of hydrogen-bond donors (Lipinski definition) is 1. The van der Waals surface area contributed by atoms with E-state index in [2.05, 4.69) is 10.1 Å². The maximum atomic E-state index is 12.7. The van der Waals surface area contributed by atoms with E-state index in [1.54, 1.807) is 13.0 Å². The average Bonchev–Trinajstić information content (AvgIpc) is 3.17. The van der Waals surface area contributed by atoms with Crippen LogP contribution in [0, 0.1) is 0 Å². The summed E-state index contributed by atoms with van der Waals surface area (Å²) in [6.07, 6.45) is -0.606. The second-order valence-corrected chi connectivity index (χ2v) is 5.88. The molecule has 146 valence electrons. The molecule has 5 nitrogen and oxygen atoms in total. The molecule has 0 saturated carbocycles. The molecule has 0 fully saturated rings. The highest BCUT2D eigenvalue weighted by atomic mass is 19.4. The Morgan fingerprint density at radius 1 is 1.11 bits per heavy atom. The van der Waals surface area contributed by atoms with E-state index < -0.39 is 18.0 Å². The maximum absolute atomic E-state index is 12.7. The number of rotatable bonds is 6. The van der Waals surface area contributed by atoms with Gasteiger partial charge < -0.3 is 9.84 Å². The third-order valence-electron chi connectivity index (χ3n) is 3.91. The van der Waals surface area contributed by atoms with Crippen LogP contribution in [0.4, 0.5) is 13.2 Å². The molecule has 8 heteroatoms. The van der Waals surface area contributed by atoms with Crippen molar-refractivity contribution in [3.05, 3.63) is 72.1 Å². The molecule has 0 bridgehead atoms. The fourth-order valence-electron chi connectivity index (χ4n) is 2.49. The molecule has 1 aromatic heterocycles. The van der Waals surface area contributed by atoms with E-state index in [0.717, 1.165) is 23.3 Å². The zero-order chi connectivity index (χ0) is 20.1. The SMILES string of the molecule is CCOC(O)C=Cc1ccc(-c2ncn(-c3ccc(C(F)(F)F)cc3)n2)cc1. The zero-order valence-corrected chi connectivity index (χ0v) is 15.0. The van der Waals surface area contributed by atoms with Gasteiger partial charge in [0.1, 0.15) is 6.33 Å². The minimum Gasteiger partial charge on any atom is -0.365 e. The first-order chi connectivity index (χ1) is 13.4. The summed E-state index contributed by atoms with van der Waals surface area (Å²) in [5, 5.41) is 13.8. The third-order valence-corrected chi connectivity index (χ3v) is 3.91. The molecule has 0 amide bonds. The molecule has 0 aliphatic rings. The van der Waals surface area contributed by atoms with Gasteiger partial charge in [0, 0.05) is 12.2 Å². The molecule has 2 aromatic carbocycles. The number of ether oxygens (including phenoxy) is 1. The van der Waals surface area contributed by atoms with Gasteiger partial charge in [0.15, 0.2) is 12.1 Å². The molecule has 3 rings (SSSR count). The summed E-state index contributed by atoms with van der Waals surface area (Å²) in [6.45, 7) is 2.21. The average molecular weight is 389 g/mol. The highest BCUT2D eigenvalue weighted by Crippen LogP contribution is 2.29. The van der Waals surface area contributed by atoms with Gasteiger partial charge >= 0.3 is 6.18 Å². The van der Waals surface area contributed by atoms with E-state index in [1.807, 2.05) is 24.3 Å². The van der Waals surface area contributed by atoms with Crippen molar-refractivity contribution in [2.24, 2.45) is 0 Å². The smallest absolute Gasteiger partial charge is 0.365 e. The molecule has 28 heavy (non-hydrogen) atoms. The van der Waals surface area contributed by atoms with Gasteiger partial charge in [0.05, 0.1) is 11.3 Å². The predicted octanol–water partition coefficient (Wildman–Crippen LogP) is 4.32. The molecule has 1 heterocycles. The van der Waals surface area contributed by atoms with Gasteiger partial charge in [-0.2, -0.15) is 13.2 Å². The first-order valence-corrected chi connectivity index (χ1v) is 8.54. The van der Waals surface area contributed by atoms with E-state index >= 15 is 0 Å². The molecular formula is C20H18F3N3O2. The van der Waals surface area contributed by atoms with Crippen molar-refractivity contribution >= 4 is 6.08 Å². The number of benzene rings is 2. The Hall–Kier alpha value is -2.97. The largest absolute Gasteiger partial charge is 0.416 e. The Balaban J connectivity index is 1.73. The normalized spacial score (nSPS) is 13.2. The quantitative estimate of drug-likeness (QED) is 0.638. The van der Waals surface area contributed by atoms with Gasteiger partial charge in [0.2, 0.25) is 0 Å². The summed E-state index contributed by atoms with van der Waals surface area (Å²) >= 11 is 0. The van der Waals surface area contributed by atoms with Gasteiger partial charge in [-0.25, -0.2) is 9.67 Å². The topological polar surface area (TPSA) is 60.2 Å². The van der Waals surface area contributed by atoms with Crippen molar-refractivity contribution in [2.45, 2.75) is 19.4 Å². The fraction of sp³-hybridized carbons (Fsp3) is 0.200. The summed E-state index contributed by atoms with van der Waals surface area (Å²) in [5.74, 6) is 0.449. The predicted molar refractivity (Wildman–Crippen MR) is 98.5 cm³/mol. The Morgan fingerprint density at radius 2 is 1.79 bits per heavy atom. The van der Waals surface area contributed by atoms with Crippen LogP contribution in [-0.2, 0) is 10.9 Å². The van der Waals surface area contributed by atoms with Gasteiger partial charge in [-0.05, 0) is 42.8 Å². The third kappa shape index (κ3) is 4.85. The molecule has 0 radical (unpaired) electrons. The van der Waals surface area contributed by atoms with Crippen LogP contribution in [-0.4, -0.2) is 32.8 Å². The summed E-state index contributed by atoms with van der Waals surface area (Å²) < 4.78 is 44.4. The van der Waals surface area contributed by atoms with Gasteiger partial charge in [-0.15, -0.1) is 5.10 Å². The number of halogens is 3. The Bertz CT molecular complexity index is 933. The standard InChI is InChI=1S/C20H18F3N3O2/c1-2-28-18(27)12-5-14-3-6-15(7-4-14)19-24-13-26(25-19)17-10-8-16(9-11-17)20(21,22)23/h3-13,18,27H,2H2,1H3. The highest BCUT2D eigenvalue weighted by molar-refractivity contribution is 5.59. The number of alkyl halides is 3. The van der Waals surface area contributed by atoms with Crippen LogP contribution in [0.1, 0.15) is 18.1 Å². The van der Waals surface area contributed by atoms with Crippen molar-refractivity contribution in [1.82, 2.24) is 14.8 Å². The lowest BCUT2D eigenvalue weighted by Crippen LogP contribution is -2.07. The van der Waals surface area contributed by atoms with E-state index in [-0.39, 0.29) is 0 Å². The zero-order valence-electron chi connectivity index (χ0n) is 15.0. The molecule has 0 aliphatic heterocycles. The van der Waals surface area contributed by atoms with Crippen LogP contribution < -0.4 is 0 Å². The first-order valence-electron chi connectivity index (χ1n) is 8.54. The Kier molecular flexibility index (Phi) is 5.91. The maximum Gasteiger partial charge on any atom is 0.416 e. The van der Waals surface area contributed by atoms with Crippen LogP contribution in [0.5, 0.6) is 0 Å². The van der Waals surface area contributed by atoms with Gasteiger partial charge in [-0.1, -0.05) is 30.3 Å². The van der Waals surface area contributed by atoms with Crippen LogP contribution in [0.25, 0.3) is 23.2 Å². The lowest BCUT2D eigenvalue weighted by atomic mass is 10.1. The summed E-state index contributed by atoms with van der Waals surface area (Å²) in [7, 11) is 0. The monoisotopic (exact) mass is 389 g/mol. The van der Waals surface area contributed by atoms with Gasteiger partial charge in [0.25, 0.3) is 0 Å². The molecule has 1 N–H and O–H groups in total. The number of nitrogens with zero attached hydrogens (tertiary/aromatic N) is 3. The van der Waals surface area contributed by atoms with Crippen LogP contribution in [0.3, 0.4) is 0 Å². The minimum absolute atomic E-state index is 0.414. The van der Waals surface area contributed by atoms with E-state index in [1.165, 1.54) is 29.2 Å². The van der Waals surface area contributed by atoms with Crippen molar-refractivity contribution in [2.75, 3.05) is 6.61 Å². The second-order valence-electron chi connectivity index (χ2n) is 5.88. The van der Waals surface area contributed by atoms with Crippen LogP contribution >= 0.6 is 0 Å². The molecule has 0 saturated heterocycles. The second kappa shape index (κ2) is 8.37. The minimum atomic E-state index is -4.37. The number of aliphatic hydroxyl groups excluding tert-OH is 1. The van der Waals surface area contributed by atoms with Crippen LogP contribution in [0.2, 0.25) is 0 Å². The van der Waals surface area contributed by atoms with Crippen LogP contribution in [0.15, 0.2) is 60.9 Å². The number of aliphatic hydroxyl groups is 1. The lowest BCUT2D eigenvalue weighted by molar-refractivity contribution is -0.137. The van der Waals surface area contributed by atoms with Crippen molar-refractivity contribution in [3.8, 4) is 17.1 Å². The van der Waals surface area contributed by atoms with Crippen molar-refractivity contribution in [1.29, 1.82) is 0 Å². The van der Waals surface area contributed by atoms with E-state index in [4.69, 9.17) is 4.74 Å². The Morgan fingerprint density at radius 3 is 2.39 bits per heavy atom. The van der Waals surface area contributed by atoms with Crippen molar-refractivity contribution < 1.29 is 23.0 Å². The fourth-order valence-corrected chi connectivity index (χ4v) is 2.49. The molecule has 0 aliphatic carbocycles. The molecular weight excluding hydrogens is 371 g/mol. The highest BCUT2D eigenvalue weighted by Gasteiger charge is 2.30. The van der Waals surface area contributed by atoms with E-state index in [9.17, 15) is 18.3 Å². The molecule has 0 spiro atoms. The number of hydrogen-bond acceptors (Lipinski definition) is 4. The summed E-state index contributed by atoms with van der Waals surface area (Å²) in [5.41, 5.74) is 1.39. The molecule has 1 atom stereocenters. The number of aromatic nitrogens is 3. The van der Waals surface area contributed by atoms with E-state index in [0.29, 0.717) is 18.1 Å². The summed E-state index contributed by atoms with van der Waals surface area (Å²) in [4.78, 5) is 4.21.